The molecule has 0 amide bonds. The number of allylic oxidation sites excluding steroid dienone is 5. The first-order chi connectivity index (χ1) is 26.2. The second kappa shape index (κ2) is 11.8. The molecule has 9 aromatic rings. The Kier molecular flexibility index (Phi) is 6.65. The van der Waals surface area contributed by atoms with E-state index in [2.05, 4.69) is 146 Å². The van der Waals surface area contributed by atoms with Crippen LogP contribution in [0.1, 0.15) is 22.9 Å². The Morgan fingerprint density at radius 2 is 1.08 bits per heavy atom. The first-order valence-corrected chi connectivity index (χ1v) is 18.1. The zero-order chi connectivity index (χ0) is 34.9. The second-order valence-electron chi connectivity index (χ2n) is 14.0. The van der Waals surface area contributed by atoms with Crippen LogP contribution in [-0.4, -0.2) is 15.0 Å². The van der Waals surface area contributed by atoms with Crippen LogP contribution in [0, 0.1) is 5.92 Å². The van der Waals surface area contributed by atoms with Gasteiger partial charge in [0.1, 0.15) is 11.2 Å². The van der Waals surface area contributed by atoms with E-state index in [1.807, 2.05) is 30.3 Å². The van der Waals surface area contributed by atoms with E-state index in [4.69, 9.17) is 19.4 Å². The average Bonchev–Trinajstić information content (AvgIpc) is 3.60. The van der Waals surface area contributed by atoms with Crippen LogP contribution >= 0.6 is 0 Å². The van der Waals surface area contributed by atoms with E-state index in [9.17, 15) is 0 Å². The van der Waals surface area contributed by atoms with E-state index >= 15 is 0 Å². The van der Waals surface area contributed by atoms with Crippen molar-refractivity contribution >= 4 is 55.1 Å². The maximum atomic E-state index is 6.54. The summed E-state index contributed by atoms with van der Waals surface area (Å²) in [6.07, 6.45) is 11.4. The molecule has 7 aromatic carbocycles. The smallest absolute Gasteiger partial charge is 0.164 e. The normalized spacial score (nSPS) is 16.3. The number of rotatable bonds is 4. The predicted molar refractivity (Wildman–Crippen MR) is 217 cm³/mol. The zero-order valence-electron chi connectivity index (χ0n) is 28.6. The Balaban J connectivity index is 0.983. The number of aromatic nitrogens is 3. The molecule has 248 valence electrons. The molecular formula is C49H31N3O. The number of fused-ring (bicyclic) bond motifs is 9. The van der Waals surface area contributed by atoms with Gasteiger partial charge in [0.15, 0.2) is 17.5 Å². The minimum atomic E-state index is 0.204. The van der Waals surface area contributed by atoms with Crippen molar-refractivity contribution in [3.8, 4) is 33.9 Å². The first kappa shape index (κ1) is 29.8. The summed E-state index contributed by atoms with van der Waals surface area (Å²) in [4.78, 5) is 15.2. The standard InChI is InChI=1S/C49H31N3O/c1-2-10-32(11-3-1)47-50-48(37-19-21-40-36(27-37)18-23-41-39-13-7-6-9-31(39)16-22-42(40)41)52-49(51-47)38-20-25-44-43-24-17-35(28-45(43)53-46(44)29-38)34-15-14-30-8-4-5-12-33(30)26-34/h1-29,36,40H. The van der Waals surface area contributed by atoms with E-state index in [0.29, 0.717) is 17.5 Å². The average molecular weight is 678 g/mol. The van der Waals surface area contributed by atoms with E-state index < -0.39 is 0 Å². The minimum Gasteiger partial charge on any atom is -0.456 e. The third kappa shape index (κ3) is 5.02. The van der Waals surface area contributed by atoms with Crippen LogP contribution in [-0.2, 0) is 0 Å². The molecule has 2 aliphatic carbocycles. The molecule has 0 N–H and O–H groups in total. The highest BCUT2D eigenvalue weighted by Gasteiger charge is 2.28. The molecule has 0 radical (unpaired) electrons. The highest BCUT2D eigenvalue weighted by atomic mass is 16.3. The molecule has 4 heteroatoms. The van der Waals surface area contributed by atoms with Gasteiger partial charge in [-0.2, -0.15) is 0 Å². The molecule has 2 atom stereocenters. The second-order valence-corrected chi connectivity index (χ2v) is 14.0. The predicted octanol–water partition coefficient (Wildman–Crippen LogP) is 12.5. The van der Waals surface area contributed by atoms with Crippen LogP contribution in [0.4, 0.5) is 0 Å². The monoisotopic (exact) mass is 677 g/mol. The summed E-state index contributed by atoms with van der Waals surface area (Å²) in [5, 5.41) is 7.16. The zero-order valence-corrected chi connectivity index (χ0v) is 28.6. The van der Waals surface area contributed by atoms with Crippen molar-refractivity contribution in [1.29, 1.82) is 0 Å². The van der Waals surface area contributed by atoms with Crippen molar-refractivity contribution in [3.05, 3.63) is 187 Å². The van der Waals surface area contributed by atoms with Gasteiger partial charge in [0.2, 0.25) is 0 Å². The number of hydrogen-bond acceptors (Lipinski definition) is 4. The van der Waals surface area contributed by atoms with Crippen molar-refractivity contribution < 1.29 is 4.42 Å². The molecule has 2 aromatic heterocycles. The minimum absolute atomic E-state index is 0.204. The maximum absolute atomic E-state index is 6.54. The van der Waals surface area contributed by atoms with Gasteiger partial charge in [-0.05, 0) is 74.1 Å². The summed E-state index contributed by atoms with van der Waals surface area (Å²) in [6, 6.07) is 51.1. The first-order valence-electron chi connectivity index (χ1n) is 18.1. The molecule has 11 rings (SSSR count). The molecule has 2 aliphatic rings. The van der Waals surface area contributed by atoms with Gasteiger partial charge in [0.05, 0.1) is 0 Å². The Labute approximate surface area is 306 Å². The highest BCUT2D eigenvalue weighted by Crippen LogP contribution is 2.43. The SMILES string of the molecule is C1=CC2c3ccc4ccccc4c3C=CC2C=C1c1nc(-c2ccccc2)nc(-c2ccc3c(c2)oc2cc(-c4ccc5ccccc5c4)ccc23)n1. The van der Waals surface area contributed by atoms with E-state index in [0.717, 1.165) is 49.8 Å². The molecule has 0 bridgehead atoms. The fourth-order valence-electron chi connectivity index (χ4n) is 8.15. The van der Waals surface area contributed by atoms with Crippen molar-refractivity contribution in [2.75, 3.05) is 0 Å². The van der Waals surface area contributed by atoms with E-state index in [1.54, 1.807) is 0 Å². The Morgan fingerprint density at radius 1 is 0.434 bits per heavy atom. The van der Waals surface area contributed by atoms with Gasteiger partial charge in [0.25, 0.3) is 0 Å². The number of benzene rings is 7. The molecule has 0 fully saturated rings. The molecule has 0 saturated carbocycles. The van der Waals surface area contributed by atoms with Gasteiger partial charge >= 0.3 is 0 Å². The van der Waals surface area contributed by atoms with Gasteiger partial charge in [-0.15, -0.1) is 0 Å². The van der Waals surface area contributed by atoms with Crippen molar-refractivity contribution in [1.82, 2.24) is 15.0 Å². The lowest BCUT2D eigenvalue weighted by Crippen LogP contribution is -2.15. The van der Waals surface area contributed by atoms with Gasteiger partial charge in [-0.25, -0.2) is 15.0 Å². The number of hydrogen-bond donors (Lipinski definition) is 0. The fraction of sp³-hybridized carbons (Fsp3) is 0.0408. The third-order valence-corrected chi connectivity index (χ3v) is 10.9. The van der Waals surface area contributed by atoms with Crippen molar-refractivity contribution in [2.24, 2.45) is 5.92 Å². The Morgan fingerprint density at radius 3 is 1.92 bits per heavy atom. The molecule has 0 spiro atoms. The summed E-state index contributed by atoms with van der Waals surface area (Å²) >= 11 is 0. The molecule has 53 heavy (non-hydrogen) atoms. The quantitative estimate of drug-likeness (QED) is 0.186. The van der Waals surface area contributed by atoms with Gasteiger partial charge < -0.3 is 4.42 Å². The van der Waals surface area contributed by atoms with Crippen molar-refractivity contribution in [3.63, 3.8) is 0 Å². The molecule has 0 saturated heterocycles. The topological polar surface area (TPSA) is 51.8 Å². The summed E-state index contributed by atoms with van der Waals surface area (Å²) in [7, 11) is 0. The van der Waals surface area contributed by atoms with Crippen LogP contribution in [0.5, 0.6) is 0 Å². The lowest BCUT2D eigenvalue weighted by atomic mass is 9.75. The molecule has 4 nitrogen and oxygen atoms in total. The van der Waals surface area contributed by atoms with Crippen LogP contribution in [0.15, 0.2) is 174 Å². The van der Waals surface area contributed by atoms with Gasteiger partial charge in [-0.1, -0.05) is 146 Å². The third-order valence-electron chi connectivity index (χ3n) is 10.9. The fourth-order valence-corrected chi connectivity index (χ4v) is 8.15. The maximum Gasteiger partial charge on any atom is 0.164 e. The summed E-state index contributed by atoms with van der Waals surface area (Å²) in [5.74, 6) is 2.38. The van der Waals surface area contributed by atoms with Crippen molar-refractivity contribution in [2.45, 2.75) is 5.92 Å². The van der Waals surface area contributed by atoms with Gasteiger partial charge in [0, 0.05) is 39.3 Å². The molecular weight excluding hydrogens is 647 g/mol. The Bertz CT molecular complexity index is 3020. The van der Waals surface area contributed by atoms with Crippen LogP contribution < -0.4 is 0 Å². The van der Waals surface area contributed by atoms with Crippen LogP contribution in [0.3, 0.4) is 0 Å². The van der Waals surface area contributed by atoms with E-state index in [1.165, 1.54) is 32.7 Å². The highest BCUT2D eigenvalue weighted by molar-refractivity contribution is 6.07. The lowest BCUT2D eigenvalue weighted by molar-refractivity contribution is 0.669. The lowest BCUT2D eigenvalue weighted by Gasteiger charge is -2.29. The number of furan rings is 1. The summed E-state index contributed by atoms with van der Waals surface area (Å²) < 4.78 is 6.54. The largest absolute Gasteiger partial charge is 0.456 e. The summed E-state index contributed by atoms with van der Waals surface area (Å²) in [5.41, 5.74) is 9.42. The van der Waals surface area contributed by atoms with Crippen LogP contribution in [0.2, 0.25) is 0 Å². The van der Waals surface area contributed by atoms with Gasteiger partial charge in [-0.3, -0.25) is 0 Å². The Hall–Kier alpha value is -6.91. The van der Waals surface area contributed by atoms with E-state index in [-0.39, 0.29) is 11.8 Å². The molecule has 2 heterocycles. The summed E-state index contributed by atoms with van der Waals surface area (Å²) in [6.45, 7) is 0. The number of nitrogens with zero attached hydrogens (tertiary/aromatic N) is 3. The molecule has 2 unspecified atom stereocenters. The molecule has 0 aliphatic heterocycles. The van der Waals surface area contributed by atoms with Crippen LogP contribution in [0.25, 0.3) is 89.0 Å².